The van der Waals surface area contributed by atoms with Gasteiger partial charge in [-0.1, -0.05) is 0 Å². The second kappa shape index (κ2) is 8.61. The molecule has 3 aliphatic rings. The Morgan fingerprint density at radius 3 is 2.60 bits per heavy atom. The van der Waals surface area contributed by atoms with Gasteiger partial charge in [0.1, 0.15) is 0 Å². The van der Waals surface area contributed by atoms with Crippen molar-refractivity contribution in [3.05, 3.63) is 0 Å². The van der Waals surface area contributed by atoms with Crippen molar-refractivity contribution < 1.29 is 29.9 Å². The van der Waals surface area contributed by atoms with Crippen LogP contribution in [0.3, 0.4) is 0 Å². The number of aliphatic hydroxyl groups is 4. The maximum atomic E-state index is 10.3. The molecule has 146 valence electrons. The van der Waals surface area contributed by atoms with Crippen LogP contribution >= 0.6 is 0 Å². The fourth-order valence-corrected chi connectivity index (χ4v) is 4.47. The summed E-state index contributed by atoms with van der Waals surface area (Å²) in [6.07, 6.45) is 5.82. The van der Waals surface area contributed by atoms with Crippen molar-refractivity contribution in [1.82, 2.24) is 5.32 Å². The van der Waals surface area contributed by atoms with Gasteiger partial charge in [-0.2, -0.15) is 0 Å². The van der Waals surface area contributed by atoms with E-state index >= 15 is 0 Å². The third-order valence-electron chi connectivity index (χ3n) is 5.96. The van der Waals surface area contributed by atoms with E-state index in [9.17, 15) is 20.4 Å². The van der Waals surface area contributed by atoms with Crippen molar-refractivity contribution in [2.45, 2.75) is 100 Å². The molecule has 7 heteroatoms. The van der Waals surface area contributed by atoms with Crippen LogP contribution in [0.25, 0.3) is 0 Å². The van der Waals surface area contributed by atoms with Crippen LogP contribution in [0.1, 0.15) is 57.8 Å². The zero-order valence-corrected chi connectivity index (χ0v) is 14.8. The maximum Gasteiger partial charge on any atom is 0.168 e. The van der Waals surface area contributed by atoms with E-state index in [1.54, 1.807) is 0 Å². The molecule has 25 heavy (non-hydrogen) atoms. The molecule has 0 bridgehead atoms. The highest BCUT2D eigenvalue weighted by Crippen LogP contribution is 2.38. The lowest BCUT2D eigenvalue weighted by Crippen LogP contribution is -2.45. The Bertz CT molecular complexity index is 409. The van der Waals surface area contributed by atoms with Crippen LogP contribution in [0.15, 0.2) is 0 Å². The summed E-state index contributed by atoms with van der Waals surface area (Å²) in [4.78, 5) is 0. The van der Waals surface area contributed by atoms with Gasteiger partial charge >= 0.3 is 0 Å². The minimum Gasteiger partial charge on any atom is -0.395 e. The summed E-state index contributed by atoms with van der Waals surface area (Å²) in [5.74, 6) is -0.374. The van der Waals surface area contributed by atoms with E-state index in [0.717, 1.165) is 58.0 Å². The lowest BCUT2D eigenvalue weighted by atomic mass is 9.92. The van der Waals surface area contributed by atoms with Gasteiger partial charge < -0.3 is 35.2 Å². The number of hydrogen-bond acceptors (Lipinski definition) is 7. The monoisotopic (exact) mass is 359 g/mol. The highest BCUT2D eigenvalue weighted by atomic mass is 16.7. The van der Waals surface area contributed by atoms with Gasteiger partial charge in [-0.05, 0) is 44.9 Å². The Morgan fingerprint density at radius 2 is 1.92 bits per heavy atom. The summed E-state index contributed by atoms with van der Waals surface area (Å²) < 4.78 is 12.2. The van der Waals surface area contributed by atoms with Crippen LogP contribution in [0.4, 0.5) is 0 Å². The molecule has 0 aliphatic carbocycles. The molecule has 1 spiro atoms. The third-order valence-corrected chi connectivity index (χ3v) is 5.96. The number of rotatable bonds is 6. The molecule has 3 heterocycles. The first-order chi connectivity index (χ1) is 12.0. The third kappa shape index (κ3) is 4.53. The Hall–Kier alpha value is -0.280. The van der Waals surface area contributed by atoms with Crippen molar-refractivity contribution >= 4 is 0 Å². The van der Waals surface area contributed by atoms with E-state index in [1.807, 2.05) is 0 Å². The van der Waals surface area contributed by atoms with Crippen LogP contribution in [0.5, 0.6) is 0 Å². The Balaban J connectivity index is 1.42. The van der Waals surface area contributed by atoms with E-state index < -0.39 is 30.4 Å². The topological polar surface area (TPSA) is 111 Å². The molecule has 0 aromatic carbocycles. The molecule has 3 saturated heterocycles. The lowest BCUT2D eigenvalue weighted by Gasteiger charge is -2.43. The number of aliphatic hydroxyl groups excluding tert-OH is 4. The van der Waals surface area contributed by atoms with Crippen LogP contribution in [0.2, 0.25) is 0 Å². The van der Waals surface area contributed by atoms with E-state index in [-0.39, 0.29) is 18.5 Å². The summed E-state index contributed by atoms with van der Waals surface area (Å²) >= 11 is 0. The van der Waals surface area contributed by atoms with Crippen molar-refractivity contribution in [2.75, 3.05) is 13.2 Å². The normalized spacial score (nSPS) is 43.4. The van der Waals surface area contributed by atoms with Crippen molar-refractivity contribution in [2.24, 2.45) is 0 Å². The molecule has 0 saturated carbocycles. The minimum absolute atomic E-state index is 0.163. The molecule has 0 radical (unpaired) electrons. The first-order valence-electron chi connectivity index (χ1n) is 9.77. The molecule has 0 aromatic rings. The van der Waals surface area contributed by atoms with Crippen LogP contribution < -0.4 is 5.32 Å². The maximum absolute atomic E-state index is 10.3. The zero-order chi connectivity index (χ0) is 17.9. The molecular weight excluding hydrogens is 326 g/mol. The van der Waals surface area contributed by atoms with E-state index in [0.29, 0.717) is 6.42 Å². The highest BCUT2D eigenvalue weighted by Gasteiger charge is 2.44. The highest BCUT2D eigenvalue weighted by molar-refractivity contribution is 5.00. The van der Waals surface area contributed by atoms with Gasteiger partial charge in [0, 0.05) is 12.8 Å². The van der Waals surface area contributed by atoms with Gasteiger partial charge in [0.05, 0.1) is 49.7 Å². The van der Waals surface area contributed by atoms with Crippen LogP contribution in [-0.4, -0.2) is 75.9 Å². The molecule has 5 N–H and O–H groups in total. The second-order valence-corrected chi connectivity index (χ2v) is 7.81. The van der Waals surface area contributed by atoms with Gasteiger partial charge in [-0.25, -0.2) is 0 Å². The van der Waals surface area contributed by atoms with Gasteiger partial charge in [0.25, 0.3) is 0 Å². The minimum atomic E-state index is -1.06. The molecule has 7 nitrogen and oxygen atoms in total. The molecule has 3 fully saturated rings. The number of hydrogen-bond donors (Lipinski definition) is 5. The van der Waals surface area contributed by atoms with Crippen molar-refractivity contribution in [1.29, 1.82) is 0 Å². The van der Waals surface area contributed by atoms with Crippen LogP contribution in [-0.2, 0) is 9.47 Å². The number of nitrogens with one attached hydrogen (secondary N) is 1. The predicted octanol–water partition coefficient (Wildman–Crippen LogP) is 0.0380. The molecule has 0 unspecified atom stereocenters. The van der Waals surface area contributed by atoms with Crippen LogP contribution in [0, 0.1) is 0 Å². The molecule has 3 rings (SSSR count). The van der Waals surface area contributed by atoms with Gasteiger partial charge in [-0.15, -0.1) is 0 Å². The zero-order valence-electron chi connectivity index (χ0n) is 14.8. The summed E-state index contributed by atoms with van der Waals surface area (Å²) in [5, 5.41) is 42.3. The number of ether oxygens (including phenoxy) is 2. The smallest absolute Gasteiger partial charge is 0.168 e. The van der Waals surface area contributed by atoms with Gasteiger partial charge in [0.15, 0.2) is 5.79 Å². The SMILES string of the molecule is OC[C@H]1N[C@H]([C@@H](O)CCC[C@H]2CCC[C@@]3(CCCCO3)O2)[C@@H](O)[C@@H]1O. The van der Waals surface area contributed by atoms with Crippen molar-refractivity contribution in [3.8, 4) is 0 Å². The van der Waals surface area contributed by atoms with E-state index in [1.165, 1.54) is 0 Å². The molecular formula is C18H33NO6. The summed E-state index contributed by atoms with van der Waals surface area (Å²) in [7, 11) is 0. The largest absolute Gasteiger partial charge is 0.395 e. The van der Waals surface area contributed by atoms with Gasteiger partial charge in [0.2, 0.25) is 0 Å². The van der Waals surface area contributed by atoms with E-state index in [4.69, 9.17) is 9.47 Å². The van der Waals surface area contributed by atoms with E-state index in [2.05, 4.69) is 5.32 Å². The first kappa shape index (κ1) is 19.5. The Morgan fingerprint density at radius 1 is 1.12 bits per heavy atom. The average molecular weight is 359 g/mol. The Kier molecular flexibility index (Phi) is 6.71. The lowest BCUT2D eigenvalue weighted by molar-refractivity contribution is -0.295. The standard InChI is InChI=1S/C18H33NO6/c20-11-13-16(22)17(23)15(19-13)14(21)7-3-5-12-6-4-9-18(25-12)8-1-2-10-24-18/h12-17,19-23H,1-11H2/t12-,13+,14-,15+,16+,17+,18+/m0/s1. The fourth-order valence-electron chi connectivity index (χ4n) is 4.47. The molecule has 7 atom stereocenters. The summed E-state index contributed by atoms with van der Waals surface area (Å²) in [6, 6.07) is -1.19. The Labute approximate surface area is 149 Å². The second-order valence-electron chi connectivity index (χ2n) is 7.81. The quantitative estimate of drug-likeness (QED) is 0.455. The average Bonchev–Trinajstić information content (AvgIpc) is 2.90. The molecule has 3 aliphatic heterocycles. The van der Waals surface area contributed by atoms with Crippen molar-refractivity contribution in [3.63, 3.8) is 0 Å². The summed E-state index contributed by atoms with van der Waals surface area (Å²) in [6.45, 7) is 0.518. The van der Waals surface area contributed by atoms with Gasteiger partial charge in [-0.3, -0.25) is 0 Å². The summed E-state index contributed by atoms with van der Waals surface area (Å²) in [5.41, 5.74) is 0. The predicted molar refractivity (Wildman–Crippen MR) is 90.9 cm³/mol. The first-order valence-corrected chi connectivity index (χ1v) is 9.77. The fraction of sp³-hybridized carbons (Fsp3) is 1.00. The molecule has 0 aromatic heterocycles. The molecule has 0 amide bonds.